The third kappa shape index (κ3) is 4.44. The maximum atomic E-state index is 14.6. The lowest BCUT2D eigenvalue weighted by Gasteiger charge is -2.44. The summed E-state index contributed by atoms with van der Waals surface area (Å²) in [6, 6.07) is 2.71. The number of aliphatic hydroxyl groups is 1. The third-order valence-electron chi connectivity index (χ3n) is 7.91. The number of aliphatic hydroxyl groups excluding tert-OH is 1. The SMILES string of the molecule is CS(=O)(=O)NCc1csc2c1S(=O)(=O)N=C(C1=C(O)C3C([C@H]4CC[C@@H]3C4)N(Cc3ccc(F)cc3F)C1=O)N2. The summed E-state index contributed by atoms with van der Waals surface area (Å²) >= 11 is 0.993. The molecule has 15 heteroatoms. The zero-order chi connectivity index (χ0) is 27.9. The molecule has 0 saturated heterocycles. The van der Waals surface area contributed by atoms with E-state index in [9.17, 15) is 35.5 Å². The summed E-state index contributed by atoms with van der Waals surface area (Å²) in [5, 5.41) is 15.8. The maximum absolute atomic E-state index is 14.6. The Morgan fingerprint density at radius 3 is 2.69 bits per heavy atom. The average Bonchev–Trinajstić information content (AvgIpc) is 3.56. The van der Waals surface area contributed by atoms with Crippen LogP contribution in [0, 0.1) is 29.4 Å². The van der Waals surface area contributed by atoms with Crippen LogP contribution < -0.4 is 10.0 Å². The number of hydrogen-bond donors (Lipinski definition) is 3. The molecule has 1 aromatic heterocycles. The van der Waals surface area contributed by atoms with E-state index in [1.165, 1.54) is 16.3 Å². The first kappa shape index (κ1) is 26.3. The standard InChI is InChI=1S/C24H24F2N4O6S3/c1-38(33,34)27-8-14-10-37-23-21(14)39(35,36)29-22(28-23)18-20(31)17-11-2-3-12(6-11)19(17)30(24(18)32)9-13-4-5-15(25)7-16(13)26/h4-5,7,10-12,17,19,27,31H,2-3,6,8-9H2,1H3,(H,28,29)/t11-,12+,17?,19?/m1/s1. The summed E-state index contributed by atoms with van der Waals surface area (Å²) in [5.74, 6) is -3.16. The molecule has 2 aromatic rings. The van der Waals surface area contributed by atoms with Crippen LogP contribution in [0.4, 0.5) is 13.8 Å². The van der Waals surface area contributed by atoms with Crippen LogP contribution in [0.15, 0.2) is 44.2 Å². The molecule has 1 aromatic carbocycles. The zero-order valence-corrected chi connectivity index (χ0v) is 23.0. The van der Waals surface area contributed by atoms with Crippen LogP contribution in [0.2, 0.25) is 0 Å². The van der Waals surface area contributed by atoms with Crippen molar-refractivity contribution in [2.24, 2.45) is 22.2 Å². The number of benzene rings is 1. The second-order valence-corrected chi connectivity index (χ2v) is 14.6. The van der Waals surface area contributed by atoms with Gasteiger partial charge in [-0.25, -0.2) is 21.9 Å². The number of amidine groups is 1. The second-order valence-electron chi connectivity index (χ2n) is 10.3. The molecule has 3 N–H and O–H groups in total. The Morgan fingerprint density at radius 1 is 1.23 bits per heavy atom. The van der Waals surface area contributed by atoms with Gasteiger partial charge in [0.25, 0.3) is 15.9 Å². The number of anilines is 1. The molecule has 1 amide bonds. The van der Waals surface area contributed by atoms with Crippen molar-refractivity contribution in [1.82, 2.24) is 9.62 Å². The van der Waals surface area contributed by atoms with E-state index in [1.807, 2.05) is 0 Å². The highest BCUT2D eigenvalue weighted by atomic mass is 32.2. The summed E-state index contributed by atoms with van der Waals surface area (Å²) in [4.78, 5) is 15.1. The fraction of sp³-hybridized carbons (Fsp3) is 0.417. The van der Waals surface area contributed by atoms with E-state index in [1.54, 1.807) is 0 Å². The van der Waals surface area contributed by atoms with Gasteiger partial charge in [0.15, 0.2) is 5.84 Å². The Bertz CT molecular complexity index is 1680. The van der Waals surface area contributed by atoms with Crippen molar-refractivity contribution < 1.29 is 35.5 Å². The van der Waals surface area contributed by atoms with E-state index < -0.39 is 49.5 Å². The predicted octanol–water partition coefficient (Wildman–Crippen LogP) is 2.86. The van der Waals surface area contributed by atoms with Crippen LogP contribution in [0.3, 0.4) is 0 Å². The van der Waals surface area contributed by atoms with Gasteiger partial charge >= 0.3 is 0 Å². The number of nitrogens with zero attached hydrogens (tertiary/aromatic N) is 2. The fourth-order valence-corrected chi connectivity index (χ4v) is 9.39. The first-order valence-corrected chi connectivity index (χ1v) is 16.4. The van der Waals surface area contributed by atoms with Crippen LogP contribution in [-0.2, 0) is 37.9 Å². The van der Waals surface area contributed by atoms with Gasteiger partial charge in [-0.15, -0.1) is 15.7 Å². The molecule has 0 spiro atoms. The zero-order valence-electron chi connectivity index (χ0n) is 20.5. The van der Waals surface area contributed by atoms with Crippen molar-refractivity contribution >= 4 is 48.1 Å². The quantitative estimate of drug-likeness (QED) is 0.464. The van der Waals surface area contributed by atoms with Crippen LogP contribution >= 0.6 is 11.3 Å². The molecule has 4 atom stereocenters. The average molecular weight is 599 g/mol. The maximum Gasteiger partial charge on any atom is 0.287 e. The van der Waals surface area contributed by atoms with Crippen LogP contribution in [0.25, 0.3) is 0 Å². The largest absolute Gasteiger partial charge is 0.511 e. The number of sulfonamides is 2. The molecule has 39 heavy (non-hydrogen) atoms. The van der Waals surface area contributed by atoms with Gasteiger partial charge in [0.05, 0.1) is 6.26 Å². The van der Waals surface area contributed by atoms with Gasteiger partial charge < -0.3 is 15.3 Å². The summed E-state index contributed by atoms with van der Waals surface area (Å²) in [6.07, 6.45) is 3.40. The summed E-state index contributed by atoms with van der Waals surface area (Å²) < 4.78 is 83.7. The molecule has 2 aliphatic carbocycles. The van der Waals surface area contributed by atoms with Crippen molar-refractivity contribution in [2.45, 2.75) is 43.3 Å². The molecular weight excluding hydrogens is 574 g/mol. The van der Waals surface area contributed by atoms with Gasteiger partial charge in [-0.1, -0.05) is 6.07 Å². The fourth-order valence-electron chi connectivity index (χ4n) is 6.37. The van der Waals surface area contributed by atoms with Gasteiger partial charge in [0, 0.05) is 42.2 Å². The van der Waals surface area contributed by atoms with Gasteiger partial charge in [0.1, 0.15) is 32.9 Å². The van der Waals surface area contributed by atoms with Gasteiger partial charge in [0.2, 0.25) is 10.0 Å². The van der Waals surface area contributed by atoms with Crippen molar-refractivity contribution in [2.75, 3.05) is 11.6 Å². The molecule has 6 rings (SSSR count). The summed E-state index contributed by atoms with van der Waals surface area (Å²) in [7, 11) is -7.97. The smallest absolute Gasteiger partial charge is 0.287 e. The lowest BCUT2D eigenvalue weighted by Crippen LogP contribution is -2.53. The monoisotopic (exact) mass is 598 g/mol. The highest BCUT2D eigenvalue weighted by Crippen LogP contribution is 2.55. The number of nitrogens with one attached hydrogen (secondary N) is 2. The topological polar surface area (TPSA) is 145 Å². The number of carbonyl (C=O) groups is 1. The Labute approximate surface area is 227 Å². The van der Waals surface area contributed by atoms with E-state index in [0.717, 1.165) is 49.0 Å². The second kappa shape index (κ2) is 9.08. The molecule has 2 fully saturated rings. The molecule has 2 bridgehead atoms. The van der Waals surface area contributed by atoms with E-state index in [4.69, 9.17) is 0 Å². The van der Waals surface area contributed by atoms with Crippen molar-refractivity contribution in [1.29, 1.82) is 0 Å². The molecule has 4 aliphatic rings. The minimum absolute atomic E-state index is 0.0652. The number of amides is 1. The molecule has 0 radical (unpaired) electrons. The normalized spacial score (nSPS) is 27.3. The van der Waals surface area contributed by atoms with Crippen molar-refractivity contribution in [3.05, 3.63) is 57.7 Å². The van der Waals surface area contributed by atoms with E-state index >= 15 is 0 Å². The van der Waals surface area contributed by atoms with Crippen molar-refractivity contribution in [3.8, 4) is 0 Å². The number of rotatable bonds is 6. The van der Waals surface area contributed by atoms with E-state index in [0.29, 0.717) is 0 Å². The van der Waals surface area contributed by atoms with E-state index in [2.05, 4.69) is 14.4 Å². The molecule has 3 heterocycles. The molecule has 2 aliphatic heterocycles. The molecule has 2 saturated carbocycles. The predicted molar refractivity (Wildman–Crippen MR) is 139 cm³/mol. The van der Waals surface area contributed by atoms with Gasteiger partial charge in [-0.05, 0) is 42.5 Å². The number of hydrogen-bond acceptors (Lipinski definition) is 8. The highest BCUT2D eigenvalue weighted by molar-refractivity contribution is 7.91. The van der Waals surface area contributed by atoms with Gasteiger partial charge in [-0.3, -0.25) is 4.79 Å². The minimum atomic E-state index is -4.38. The van der Waals surface area contributed by atoms with Gasteiger partial charge in [-0.2, -0.15) is 8.42 Å². The number of fused-ring (bicyclic) bond motifs is 6. The Kier molecular flexibility index (Phi) is 6.13. The Morgan fingerprint density at radius 2 is 1.97 bits per heavy atom. The number of carbonyl (C=O) groups excluding carboxylic acids is 1. The third-order valence-corrected chi connectivity index (χ3v) is 11.1. The summed E-state index contributed by atoms with van der Waals surface area (Å²) in [5.41, 5.74) is -0.0167. The molecule has 208 valence electrons. The minimum Gasteiger partial charge on any atom is -0.511 e. The van der Waals surface area contributed by atoms with Crippen LogP contribution in [-0.4, -0.2) is 50.9 Å². The molecular formula is C24H24F2N4O6S3. The van der Waals surface area contributed by atoms with Crippen LogP contribution in [0.1, 0.15) is 30.4 Å². The first-order chi connectivity index (χ1) is 18.3. The Balaban J connectivity index is 1.40. The molecule has 2 unspecified atom stereocenters. The highest BCUT2D eigenvalue weighted by Gasteiger charge is 2.57. The van der Waals surface area contributed by atoms with E-state index in [-0.39, 0.29) is 63.1 Å². The summed E-state index contributed by atoms with van der Waals surface area (Å²) in [6.45, 7) is -0.454. The number of thiophene rings is 1. The lowest BCUT2D eigenvalue weighted by molar-refractivity contribution is -0.134. The Hall–Kier alpha value is -2.88. The van der Waals surface area contributed by atoms with Crippen LogP contribution in [0.5, 0.6) is 0 Å². The van der Waals surface area contributed by atoms with Crippen molar-refractivity contribution in [3.63, 3.8) is 0 Å². The first-order valence-electron chi connectivity index (χ1n) is 12.2. The molecule has 10 nitrogen and oxygen atoms in total. The lowest BCUT2D eigenvalue weighted by atomic mass is 9.77. The number of halogens is 2.